The van der Waals surface area contributed by atoms with Crippen molar-refractivity contribution in [2.45, 2.75) is 13.3 Å². The van der Waals surface area contributed by atoms with E-state index in [1.54, 1.807) is 35.6 Å². The summed E-state index contributed by atoms with van der Waals surface area (Å²) in [6, 6.07) is 12.4. The first kappa shape index (κ1) is 21.3. The topological polar surface area (TPSA) is 63.5 Å². The molecule has 2 aromatic rings. The Labute approximate surface area is 176 Å². The van der Waals surface area contributed by atoms with Crippen molar-refractivity contribution in [3.05, 3.63) is 71.9 Å². The summed E-state index contributed by atoms with van der Waals surface area (Å²) < 4.78 is 13.1. The van der Waals surface area contributed by atoms with Crippen molar-refractivity contribution >= 4 is 11.6 Å². The maximum Gasteiger partial charge on any atom is 0.266 e. The zero-order valence-electron chi connectivity index (χ0n) is 17.2. The molecule has 0 unspecified atom stereocenters. The standard InChI is InChI=1S/C23H26FN5O/c1-2-27(12-9-19-7-10-26-11-8-19)18-20(17-25)23(30)29-15-13-28(14-16-29)22-5-3-21(24)4-6-22/h3-8,10-11,18H,2,9,12-16H2,1H3/b20-18-. The highest BCUT2D eigenvalue weighted by molar-refractivity contribution is 5.97. The van der Waals surface area contributed by atoms with Crippen LogP contribution in [0.25, 0.3) is 0 Å². The number of hydrogen-bond acceptors (Lipinski definition) is 5. The number of hydrogen-bond donors (Lipinski definition) is 0. The first-order valence-corrected chi connectivity index (χ1v) is 10.2. The molecule has 1 aliphatic heterocycles. The third-order valence-electron chi connectivity index (χ3n) is 5.26. The molecule has 3 rings (SSSR count). The van der Waals surface area contributed by atoms with Crippen molar-refractivity contribution in [3.63, 3.8) is 0 Å². The van der Waals surface area contributed by atoms with E-state index in [1.807, 2.05) is 24.0 Å². The van der Waals surface area contributed by atoms with Crippen LogP contribution in [0.5, 0.6) is 0 Å². The molecule has 0 aliphatic carbocycles. The van der Waals surface area contributed by atoms with E-state index in [-0.39, 0.29) is 17.3 Å². The largest absolute Gasteiger partial charge is 0.376 e. The van der Waals surface area contributed by atoms with Gasteiger partial charge in [-0.25, -0.2) is 4.39 Å². The molecule has 156 valence electrons. The Morgan fingerprint density at radius 3 is 2.43 bits per heavy atom. The zero-order chi connectivity index (χ0) is 21.3. The number of pyridine rings is 1. The van der Waals surface area contributed by atoms with Gasteiger partial charge in [-0.3, -0.25) is 9.78 Å². The lowest BCUT2D eigenvalue weighted by Gasteiger charge is -2.36. The molecule has 7 heteroatoms. The van der Waals surface area contributed by atoms with Crippen LogP contribution in [0.4, 0.5) is 10.1 Å². The number of nitriles is 1. The van der Waals surface area contributed by atoms with Crippen LogP contribution in [0.3, 0.4) is 0 Å². The second-order valence-electron chi connectivity index (χ2n) is 7.14. The van der Waals surface area contributed by atoms with E-state index in [0.29, 0.717) is 32.7 Å². The van der Waals surface area contributed by atoms with Gasteiger partial charge in [-0.2, -0.15) is 5.26 Å². The fourth-order valence-corrected chi connectivity index (χ4v) is 3.44. The molecule has 0 radical (unpaired) electrons. The van der Waals surface area contributed by atoms with Gasteiger partial charge in [0.15, 0.2) is 0 Å². The van der Waals surface area contributed by atoms with Crippen molar-refractivity contribution in [3.8, 4) is 6.07 Å². The van der Waals surface area contributed by atoms with Crippen LogP contribution in [0, 0.1) is 17.1 Å². The number of piperazine rings is 1. The Kier molecular flexibility index (Phi) is 7.39. The third-order valence-corrected chi connectivity index (χ3v) is 5.26. The molecule has 1 aromatic carbocycles. The van der Waals surface area contributed by atoms with Crippen molar-refractivity contribution in [1.29, 1.82) is 5.26 Å². The number of likely N-dealkylation sites (N-methyl/N-ethyl adjacent to an activating group) is 1. The minimum Gasteiger partial charge on any atom is -0.376 e. The molecular formula is C23H26FN5O. The number of carbonyl (C=O) groups is 1. The van der Waals surface area contributed by atoms with Crippen molar-refractivity contribution in [1.82, 2.24) is 14.8 Å². The average molecular weight is 407 g/mol. The Morgan fingerprint density at radius 1 is 1.17 bits per heavy atom. The zero-order valence-corrected chi connectivity index (χ0v) is 17.2. The van der Waals surface area contributed by atoms with Crippen LogP contribution in [-0.2, 0) is 11.2 Å². The van der Waals surface area contributed by atoms with Gasteiger partial charge in [0.25, 0.3) is 5.91 Å². The van der Waals surface area contributed by atoms with Crippen LogP contribution in [0.1, 0.15) is 12.5 Å². The summed E-state index contributed by atoms with van der Waals surface area (Å²) in [7, 11) is 0. The maximum absolute atomic E-state index is 13.1. The van der Waals surface area contributed by atoms with Crippen LogP contribution in [-0.4, -0.2) is 60.0 Å². The highest BCUT2D eigenvalue weighted by Crippen LogP contribution is 2.18. The van der Waals surface area contributed by atoms with E-state index >= 15 is 0 Å². The lowest BCUT2D eigenvalue weighted by atomic mass is 10.2. The number of amides is 1. The Bertz CT molecular complexity index is 899. The summed E-state index contributed by atoms with van der Waals surface area (Å²) in [6.07, 6.45) is 6.01. The molecule has 30 heavy (non-hydrogen) atoms. The molecule has 2 heterocycles. The Hall–Kier alpha value is -3.40. The molecule has 1 aromatic heterocycles. The van der Waals surface area contributed by atoms with Crippen LogP contribution in [0.15, 0.2) is 60.6 Å². The van der Waals surface area contributed by atoms with Gasteiger partial charge in [0.05, 0.1) is 0 Å². The van der Waals surface area contributed by atoms with Crippen molar-refractivity contribution in [2.75, 3.05) is 44.2 Å². The smallest absolute Gasteiger partial charge is 0.266 e. The van der Waals surface area contributed by atoms with Gasteiger partial charge in [-0.05, 0) is 55.3 Å². The van der Waals surface area contributed by atoms with Crippen molar-refractivity contribution in [2.24, 2.45) is 0 Å². The fourth-order valence-electron chi connectivity index (χ4n) is 3.44. The van der Waals surface area contributed by atoms with E-state index in [0.717, 1.165) is 18.7 Å². The first-order valence-electron chi connectivity index (χ1n) is 10.2. The van der Waals surface area contributed by atoms with Gasteiger partial charge in [-0.1, -0.05) is 0 Å². The summed E-state index contributed by atoms with van der Waals surface area (Å²) in [6.45, 7) is 5.78. The maximum atomic E-state index is 13.1. The monoisotopic (exact) mass is 407 g/mol. The fraction of sp³-hybridized carbons (Fsp3) is 0.348. The van der Waals surface area contributed by atoms with E-state index < -0.39 is 0 Å². The summed E-state index contributed by atoms with van der Waals surface area (Å²) in [5.41, 5.74) is 2.26. The average Bonchev–Trinajstić information content (AvgIpc) is 2.80. The molecule has 1 fully saturated rings. The quantitative estimate of drug-likeness (QED) is 0.522. The Balaban J connectivity index is 1.58. The van der Waals surface area contributed by atoms with E-state index in [2.05, 4.69) is 16.0 Å². The predicted octanol–water partition coefficient (Wildman–Crippen LogP) is 2.84. The first-order chi connectivity index (χ1) is 14.6. The van der Waals surface area contributed by atoms with Crippen molar-refractivity contribution < 1.29 is 9.18 Å². The van der Waals surface area contributed by atoms with Crippen LogP contribution >= 0.6 is 0 Å². The number of aromatic nitrogens is 1. The second-order valence-corrected chi connectivity index (χ2v) is 7.14. The number of benzene rings is 1. The molecular weight excluding hydrogens is 381 g/mol. The van der Waals surface area contributed by atoms with Crippen LogP contribution in [0.2, 0.25) is 0 Å². The lowest BCUT2D eigenvalue weighted by Crippen LogP contribution is -2.49. The molecule has 0 spiro atoms. The van der Waals surface area contributed by atoms with Gasteiger partial charge >= 0.3 is 0 Å². The molecule has 1 saturated heterocycles. The van der Waals surface area contributed by atoms with E-state index in [9.17, 15) is 14.4 Å². The number of carbonyl (C=O) groups excluding carboxylic acids is 1. The number of nitrogens with zero attached hydrogens (tertiary/aromatic N) is 5. The molecule has 1 amide bonds. The number of anilines is 1. The highest BCUT2D eigenvalue weighted by atomic mass is 19.1. The second kappa shape index (κ2) is 10.4. The number of halogens is 1. The molecule has 0 bridgehead atoms. The molecule has 0 atom stereocenters. The molecule has 1 aliphatic rings. The summed E-state index contributed by atoms with van der Waals surface area (Å²) in [5, 5.41) is 9.57. The van der Waals surface area contributed by atoms with Gasteiger partial charge < -0.3 is 14.7 Å². The Morgan fingerprint density at radius 2 is 1.83 bits per heavy atom. The minimum absolute atomic E-state index is 0.154. The highest BCUT2D eigenvalue weighted by Gasteiger charge is 2.24. The summed E-state index contributed by atoms with van der Waals surface area (Å²) in [4.78, 5) is 22.7. The molecule has 6 nitrogen and oxygen atoms in total. The number of rotatable bonds is 7. The van der Waals surface area contributed by atoms with Crippen LogP contribution < -0.4 is 4.90 Å². The van der Waals surface area contributed by atoms with Gasteiger partial charge in [0.1, 0.15) is 17.5 Å². The van der Waals surface area contributed by atoms with E-state index in [4.69, 9.17) is 0 Å². The van der Waals surface area contributed by atoms with Gasteiger partial charge in [-0.15, -0.1) is 0 Å². The molecule has 0 N–H and O–H groups in total. The van der Waals surface area contributed by atoms with E-state index in [1.165, 1.54) is 17.7 Å². The molecule has 0 saturated carbocycles. The lowest BCUT2D eigenvalue weighted by molar-refractivity contribution is -0.127. The predicted molar refractivity (Wildman–Crippen MR) is 114 cm³/mol. The summed E-state index contributed by atoms with van der Waals surface area (Å²) >= 11 is 0. The SMILES string of the molecule is CCN(/C=C(/C#N)C(=O)N1CCN(c2ccc(F)cc2)CC1)CCc1ccncc1. The van der Waals surface area contributed by atoms with Gasteiger partial charge in [0, 0.05) is 63.5 Å². The summed E-state index contributed by atoms with van der Waals surface area (Å²) in [5.74, 6) is -0.501. The van der Waals surface area contributed by atoms with Gasteiger partial charge in [0.2, 0.25) is 0 Å². The normalized spacial score (nSPS) is 14.4. The minimum atomic E-state index is -0.263. The third kappa shape index (κ3) is 5.57.